The normalized spacial score (nSPS) is 11.6. The zero-order chi connectivity index (χ0) is 11.8. The van der Waals surface area contributed by atoms with E-state index < -0.39 is 17.5 Å². The van der Waals surface area contributed by atoms with E-state index in [1.54, 1.807) is 6.92 Å². The van der Waals surface area contributed by atoms with Crippen molar-refractivity contribution in [3.05, 3.63) is 32.4 Å². The van der Waals surface area contributed by atoms with Gasteiger partial charge in [0.05, 0.1) is 5.56 Å². The van der Waals surface area contributed by atoms with Crippen LogP contribution in [0.15, 0.2) is 12.1 Å². The number of ketones is 1. The molecule has 0 unspecified atom stereocenters. The van der Waals surface area contributed by atoms with Crippen molar-refractivity contribution in [1.82, 2.24) is 0 Å². The van der Waals surface area contributed by atoms with E-state index in [1.807, 2.05) is 22.6 Å². The van der Waals surface area contributed by atoms with E-state index >= 15 is 0 Å². The molecule has 0 aliphatic carbocycles. The Balaban J connectivity index is 3.49. The fraction of sp³-hybridized carbons (Fsp3) is 0.300. The summed E-state index contributed by atoms with van der Waals surface area (Å²) < 4.78 is 38.4. The summed E-state index contributed by atoms with van der Waals surface area (Å²) in [5.74, 6) is -0.569. The van der Waals surface area contributed by atoms with Gasteiger partial charge in [-0.2, -0.15) is 13.2 Å². The number of aryl methyl sites for hydroxylation is 1. The van der Waals surface area contributed by atoms with Crippen LogP contribution in [0.3, 0.4) is 0 Å². The molecule has 0 amide bonds. The summed E-state index contributed by atoms with van der Waals surface area (Å²) in [7, 11) is 0. The van der Waals surface area contributed by atoms with E-state index in [2.05, 4.69) is 0 Å². The van der Waals surface area contributed by atoms with Crippen molar-refractivity contribution in [2.45, 2.75) is 20.0 Å². The van der Waals surface area contributed by atoms with Gasteiger partial charge in [-0.3, -0.25) is 4.79 Å². The van der Waals surface area contributed by atoms with Gasteiger partial charge in [0.1, 0.15) is 0 Å². The number of benzene rings is 1. The lowest BCUT2D eigenvalue weighted by Gasteiger charge is -2.12. The second kappa shape index (κ2) is 4.11. The van der Waals surface area contributed by atoms with Gasteiger partial charge in [-0.05, 0) is 54.1 Å². The highest BCUT2D eigenvalue weighted by molar-refractivity contribution is 14.1. The molecule has 1 nitrogen and oxygen atoms in total. The number of carbonyl (C=O) groups excluding carboxylic acids is 1. The third-order valence-electron chi connectivity index (χ3n) is 1.98. The Hall–Kier alpha value is -0.590. The zero-order valence-corrected chi connectivity index (χ0v) is 10.2. The Bertz CT molecular complexity index is 410. The Kier molecular flexibility index (Phi) is 3.42. The summed E-state index contributed by atoms with van der Waals surface area (Å²) in [6.07, 6.45) is -4.48. The first-order valence-electron chi connectivity index (χ1n) is 4.11. The van der Waals surface area contributed by atoms with Crippen LogP contribution in [-0.2, 0) is 6.18 Å². The number of Topliss-reactive ketones (excluding diaryl/α,β-unsaturated/α-hetero) is 1. The standard InChI is InChI=1S/C10H8F3IO/c1-5-3-8(10(11,12)13)7(6(2)15)4-9(5)14/h3-4H,1-2H3. The van der Waals surface area contributed by atoms with E-state index in [-0.39, 0.29) is 5.56 Å². The maximum atomic E-state index is 12.6. The number of hydrogen-bond donors (Lipinski definition) is 0. The van der Waals surface area contributed by atoms with Crippen LogP contribution in [-0.4, -0.2) is 5.78 Å². The van der Waals surface area contributed by atoms with Crippen molar-refractivity contribution in [3.63, 3.8) is 0 Å². The van der Waals surface area contributed by atoms with E-state index in [1.165, 1.54) is 6.07 Å². The number of rotatable bonds is 1. The summed E-state index contributed by atoms with van der Waals surface area (Å²) in [4.78, 5) is 11.1. The molecule has 0 aromatic heterocycles. The molecule has 15 heavy (non-hydrogen) atoms. The predicted octanol–water partition coefficient (Wildman–Crippen LogP) is 3.82. The monoisotopic (exact) mass is 328 g/mol. The van der Waals surface area contributed by atoms with Crippen LogP contribution in [0.25, 0.3) is 0 Å². The number of hydrogen-bond acceptors (Lipinski definition) is 1. The van der Waals surface area contributed by atoms with Crippen LogP contribution >= 0.6 is 22.6 Å². The largest absolute Gasteiger partial charge is 0.417 e. The summed E-state index contributed by atoms with van der Waals surface area (Å²) in [6.45, 7) is 2.72. The minimum Gasteiger partial charge on any atom is -0.294 e. The number of carbonyl (C=O) groups is 1. The molecule has 0 aliphatic rings. The van der Waals surface area contributed by atoms with Crippen molar-refractivity contribution >= 4 is 28.4 Å². The molecular weight excluding hydrogens is 320 g/mol. The van der Waals surface area contributed by atoms with Crippen LogP contribution < -0.4 is 0 Å². The molecule has 5 heteroatoms. The fourth-order valence-electron chi connectivity index (χ4n) is 1.21. The minimum atomic E-state index is -4.48. The summed E-state index contributed by atoms with van der Waals surface area (Å²) in [6, 6.07) is 2.29. The molecular formula is C10H8F3IO. The molecule has 0 aliphatic heterocycles. The topological polar surface area (TPSA) is 17.1 Å². The molecule has 0 spiro atoms. The predicted molar refractivity (Wildman–Crippen MR) is 58.9 cm³/mol. The third kappa shape index (κ3) is 2.70. The van der Waals surface area contributed by atoms with Crippen LogP contribution in [0.2, 0.25) is 0 Å². The lowest BCUT2D eigenvalue weighted by Crippen LogP contribution is -2.12. The second-order valence-electron chi connectivity index (χ2n) is 3.20. The minimum absolute atomic E-state index is 0.266. The van der Waals surface area contributed by atoms with E-state index in [9.17, 15) is 18.0 Å². The lowest BCUT2D eigenvalue weighted by molar-refractivity contribution is -0.137. The van der Waals surface area contributed by atoms with E-state index in [0.717, 1.165) is 13.0 Å². The van der Waals surface area contributed by atoms with Crippen molar-refractivity contribution in [2.24, 2.45) is 0 Å². The molecule has 0 saturated heterocycles. The SMILES string of the molecule is CC(=O)c1cc(I)c(C)cc1C(F)(F)F. The van der Waals surface area contributed by atoms with Gasteiger partial charge >= 0.3 is 6.18 Å². The first-order valence-corrected chi connectivity index (χ1v) is 5.19. The van der Waals surface area contributed by atoms with Crippen molar-refractivity contribution < 1.29 is 18.0 Å². The average molecular weight is 328 g/mol. The average Bonchev–Trinajstić information content (AvgIpc) is 2.06. The first-order chi connectivity index (χ1) is 6.73. The van der Waals surface area contributed by atoms with Gasteiger partial charge in [0.25, 0.3) is 0 Å². The highest BCUT2D eigenvalue weighted by Crippen LogP contribution is 2.34. The maximum absolute atomic E-state index is 12.6. The Morgan fingerprint density at radius 2 is 1.87 bits per heavy atom. The third-order valence-corrected chi connectivity index (χ3v) is 3.15. The molecule has 0 N–H and O–H groups in total. The highest BCUT2D eigenvalue weighted by Gasteiger charge is 2.34. The smallest absolute Gasteiger partial charge is 0.294 e. The van der Waals surface area contributed by atoms with Crippen LogP contribution in [0, 0.1) is 10.5 Å². The quantitative estimate of drug-likeness (QED) is 0.566. The molecule has 0 atom stereocenters. The van der Waals surface area contributed by atoms with E-state index in [4.69, 9.17) is 0 Å². The van der Waals surface area contributed by atoms with E-state index in [0.29, 0.717) is 9.13 Å². The van der Waals surface area contributed by atoms with Crippen LogP contribution in [0.5, 0.6) is 0 Å². The number of alkyl halides is 3. The van der Waals surface area contributed by atoms with Crippen LogP contribution in [0.1, 0.15) is 28.4 Å². The molecule has 0 bridgehead atoms. The Morgan fingerprint density at radius 3 is 2.27 bits per heavy atom. The molecule has 0 heterocycles. The highest BCUT2D eigenvalue weighted by atomic mass is 127. The van der Waals surface area contributed by atoms with Crippen molar-refractivity contribution in [2.75, 3.05) is 0 Å². The summed E-state index contributed by atoms with van der Waals surface area (Å²) in [5, 5.41) is 0. The molecule has 0 fully saturated rings. The van der Waals surface area contributed by atoms with Gasteiger partial charge < -0.3 is 0 Å². The van der Waals surface area contributed by atoms with Gasteiger partial charge in [-0.25, -0.2) is 0 Å². The zero-order valence-electron chi connectivity index (χ0n) is 8.07. The molecule has 0 saturated carbocycles. The Labute approximate surface area is 98.8 Å². The van der Waals surface area contributed by atoms with Crippen LogP contribution in [0.4, 0.5) is 13.2 Å². The summed E-state index contributed by atoms with van der Waals surface area (Å²) in [5.41, 5.74) is -0.599. The molecule has 1 aromatic rings. The number of halogens is 4. The molecule has 0 radical (unpaired) electrons. The van der Waals surface area contributed by atoms with Crippen molar-refractivity contribution in [1.29, 1.82) is 0 Å². The van der Waals surface area contributed by atoms with Gasteiger partial charge in [-0.1, -0.05) is 0 Å². The molecule has 1 rings (SSSR count). The van der Waals surface area contributed by atoms with Gasteiger partial charge in [-0.15, -0.1) is 0 Å². The molecule has 82 valence electrons. The molecule has 1 aromatic carbocycles. The second-order valence-corrected chi connectivity index (χ2v) is 4.36. The fourth-order valence-corrected chi connectivity index (χ4v) is 1.67. The van der Waals surface area contributed by atoms with Gasteiger partial charge in [0, 0.05) is 9.13 Å². The van der Waals surface area contributed by atoms with Gasteiger partial charge in [0.15, 0.2) is 5.78 Å². The first kappa shape index (κ1) is 12.5. The maximum Gasteiger partial charge on any atom is 0.417 e. The summed E-state index contributed by atoms with van der Waals surface area (Å²) >= 11 is 1.91. The van der Waals surface area contributed by atoms with Gasteiger partial charge in [0.2, 0.25) is 0 Å². The van der Waals surface area contributed by atoms with Crippen molar-refractivity contribution in [3.8, 4) is 0 Å². The lowest BCUT2D eigenvalue weighted by atomic mass is 10.0. The Morgan fingerprint density at radius 1 is 1.33 bits per heavy atom.